The first-order valence-electron chi connectivity index (χ1n) is 9.34. The number of hydrogen-bond donors (Lipinski definition) is 3. The van der Waals surface area contributed by atoms with Gasteiger partial charge in [-0.05, 0) is 37.1 Å². The van der Waals surface area contributed by atoms with Crippen molar-refractivity contribution < 1.29 is 24.0 Å². The van der Waals surface area contributed by atoms with Gasteiger partial charge in [-0.2, -0.15) is 5.01 Å². The van der Waals surface area contributed by atoms with Crippen LogP contribution in [0, 0.1) is 0 Å². The monoisotopic (exact) mass is 375 g/mol. The maximum Gasteiger partial charge on any atom is 0.344 e. The highest BCUT2D eigenvalue weighted by molar-refractivity contribution is 6.08. The summed E-state index contributed by atoms with van der Waals surface area (Å²) < 4.78 is 5.13. The molecule has 1 heterocycles. The molecule has 1 saturated carbocycles. The number of urea groups is 1. The number of hydrazine groups is 1. The van der Waals surface area contributed by atoms with Gasteiger partial charge in [0.25, 0.3) is 11.8 Å². The standard InChI is InChI=1S/C19H26N4O4/c1-22(12-14-6-8-15(27-2)9-7-14)13-16(24)21-23-17(25)19(20-18(23)26)10-4-3-5-11-19/h6-9H,3-5,10-13H2,1-2H3,(H,20,26)(H,21,24)/p+1. The summed E-state index contributed by atoms with van der Waals surface area (Å²) in [5.41, 5.74) is 2.71. The quantitative estimate of drug-likeness (QED) is 0.610. The van der Waals surface area contributed by atoms with Crippen LogP contribution in [-0.2, 0) is 16.1 Å². The van der Waals surface area contributed by atoms with Gasteiger partial charge in [-0.3, -0.25) is 15.0 Å². The van der Waals surface area contributed by atoms with Crippen LogP contribution in [0.4, 0.5) is 4.79 Å². The summed E-state index contributed by atoms with van der Waals surface area (Å²) in [6, 6.07) is 7.11. The summed E-state index contributed by atoms with van der Waals surface area (Å²) in [6.45, 7) is 0.789. The molecule has 1 atom stereocenters. The first-order valence-corrected chi connectivity index (χ1v) is 9.34. The van der Waals surface area contributed by atoms with Gasteiger partial charge < -0.3 is 15.0 Å². The second kappa shape index (κ2) is 7.96. The predicted molar refractivity (Wildman–Crippen MR) is 97.8 cm³/mol. The lowest BCUT2D eigenvalue weighted by molar-refractivity contribution is -0.885. The number of ether oxygens (including phenoxy) is 1. The average molecular weight is 375 g/mol. The lowest BCUT2D eigenvalue weighted by Gasteiger charge is -2.30. The number of hydrogen-bond acceptors (Lipinski definition) is 4. The van der Waals surface area contributed by atoms with Crippen LogP contribution < -0.4 is 20.4 Å². The van der Waals surface area contributed by atoms with Crippen molar-refractivity contribution in [3.63, 3.8) is 0 Å². The summed E-state index contributed by atoms with van der Waals surface area (Å²) in [5, 5.41) is 3.64. The SMILES string of the molecule is COc1ccc(C[NH+](C)CC(=O)NN2C(=O)NC3(CCCCC3)C2=O)cc1. The molecule has 0 aromatic heterocycles. The minimum Gasteiger partial charge on any atom is -0.497 e. The van der Waals surface area contributed by atoms with Gasteiger partial charge in [0.1, 0.15) is 17.8 Å². The maximum absolute atomic E-state index is 12.7. The van der Waals surface area contributed by atoms with Gasteiger partial charge >= 0.3 is 6.03 Å². The maximum atomic E-state index is 12.7. The Bertz CT molecular complexity index is 713. The van der Waals surface area contributed by atoms with Gasteiger partial charge in [0, 0.05) is 5.56 Å². The Labute approximate surface area is 158 Å². The topological polar surface area (TPSA) is 92.2 Å². The van der Waals surface area contributed by atoms with Crippen molar-refractivity contribution in [2.45, 2.75) is 44.2 Å². The second-order valence-electron chi connectivity index (χ2n) is 7.41. The van der Waals surface area contributed by atoms with E-state index in [0.29, 0.717) is 19.4 Å². The Hall–Kier alpha value is -2.61. The number of benzene rings is 1. The normalized spacial score (nSPS) is 19.7. The van der Waals surface area contributed by atoms with Crippen LogP contribution in [0.25, 0.3) is 0 Å². The lowest BCUT2D eigenvalue weighted by Crippen LogP contribution is -3.09. The van der Waals surface area contributed by atoms with Crippen LogP contribution >= 0.6 is 0 Å². The third-order valence-corrected chi connectivity index (χ3v) is 5.23. The van der Waals surface area contributed by atoms with Crippen LogP contribution in [-0.4, -0.2) is 49.1 Å². The van der Waals surface area contributed by atoms with Crippen LogP contribution in [0.1, 0.15) is 37.7 Å². The fourth-order valence-corrected chi connectivity index (χ4v) is 3.81. The van der Waals surface area contributed by atoms with E-state index in [1.807, 2.05) is 31.3 Å². The molecule has 4 amide bonds. The summed E-state index contributed by atoms with van der Waals surface area (Å²) in [7, 11) is 3.50. The highest BCUT2D eigenvalue weighted by Crippen LogP contribution is 2.32. The zero-order valence-corrected chi connectivity index (χ0v) is 15.8. The largest absolute Gasteiger partial charge is 0.497 e. The molecule has 8 heteroatoms. The molecular formula is C19H27N4O4+. The number of rotatable bonds is 6. The Morgan fingerprint density at radius 2 is 1.89 bits per heavy atom. The number of imide groups is 1. The summed E-state index contributed by atoms with van der Waals surface area (Å²) >= 11 is 0. The minimum absolute atomic E-state index is 0.149. The molecule has 0 radical (unpaired) electrons. The van der Waals surface area contributed by atoms with E-state index in [1.165, 1.54) is 0 Å². The molecule has 146 valence electrons. The molecule has 1 spiro atoms. The van der Waals surface area contributed by atoms with Gasteiger partial charge in [-0.1, -0.05) is 19.3 Å². The zero-order chi connectivity index (χ0) is 19.4. The van der Waals surface area contributed by atoms with Crippen molar-refractivity contribution in [2.75, 3.05) is 20.7 Å². The summed E-state index contributed by atoms with van der Waals surface area (Å²) in [6.07, 6.45) is 4.14. The van der Waals surface area contributed by atoms with Crippen molar-refractivity contribution >= 4 is 17.8 Å². The molecule has 1 aromatic rings. The van der Waals surface area contributed by atoms with E-state index in [4.69, 9.17) is 4.74 Å². The van der Waals surface area contributed by atoms with Crippen LogP contribution in [0.15, 0.2) is 24.3 Å². The molecule has 1 aromatic carbocycles. The number of methoxy groups -OCH3 is 1. The number of likely N-dealkylation sites (N-methyl/N-ethyl adjacent to an activating group) is 1. The van der Waals surface area contributed by atoms with Crippen molar-refractivity contribution in [1.29, 1.82) is 0 Å². The highest BCUT2D eigenvalue weighted by atomic mass is 16.5. The predicted octanol–water partition coefficient (Wildman–Crippen LogP) is -0.00420. The first-order chi connectivity index (χ1) is 12.9. The highest BCUT2D eigenvalue weighted by Gasteiger charge is 2.52. The van der Waals surface area contributed by atoms with E-state index >= 15 is 0 Å². The van der Waals surface area contributed by atoms with Crippen molar-refractivity contribution in [3.05, 3.63) is 29.8 Å². The van der Waals surface area contributed by atoms with E-state index < -0.39 is 11.6 Å². The Kier molecular flexibility index (Phi) is 5.65. The van der Waals surface area contributed by atoms with Crippen molar-refractivity contribution in [1.82, 2.24) is 15.8 Å². The first kappa shape index (κ1) is 19.2. The van der Waals surface area contributed by atoms with Crippen molar-refractivity contribution in [2.24, 2.45) is 0 Å². The van der Waals surface area contributed by atoms with E-state index in [-0.39, 0.29) is 18.4 Å². The molecule has 8 nitrogen and oxygen atoms in total. The van der Waals surface area contributed by atoms with Gasteiger partial charge in [-0.15, -0.1) is 0 Å². The van der Waals surface area contributed by atoms with E-state index in [2.05, 4.69) is 10.7 Å². The fourth-order valence-electron chi connectivity index (χ4n) is 3.81. The second-order valence-corrected chi connectivity index (χ2v) is 7.41. The molecule has 2 fully saturated rings. The number of carbonyl (C=O) groups excluding carboxylic acids is 3. The Balaban J connectivity index is 1.53. The van der Waals surface area contributed by atoms with Gasteiger partial charge in [-0.25, -0.2) is 4.79 Å². The summed E-state index contributed by atoms with van der Waals surface area (Å²) in [5.74, 6) is 0.0788. The molecular weight excluding hydrogens is 348 g/mol. The molecule has 27 heavy (non-hydrogen) atoms. The van der Waals surface area contributed by atoms with Gasteiger partial charge in [0.05, 0.1) is 14.2 Å². The molecule has 1 aliphatic heterocycles. The van der Waals surface area contributed by atoms with Crippen LogP contribution in [0.2, 0.25) is 0 Å². The zero-order valence-electron chi connectivity index (χ0n) is 15.8. The molecule has 1 aliphatic carbocycles. The van der Waals surface area contributed by atoms with Gasteiger partial charge in [0.2, 0.25) is 0 Å². The van der Waals surface area contributed by atoms with E-state index in [9.17, 15) is 14.4 Å². The van der Waals surface area contributed by atoms with Crippen LogP contribution in [0.5, 0.6) is 5.75 Å². The third-order valence-electron chi connectivity index (χ3n) is 5.23. The fraction of sp³-hybridized carbons (Fsp3) is 0.526. The number of nitrogens with zero attached hydrogens (tertiary/aromatic N) is 1. The molecule has 0 bridgehead atoms. The Morgan fingerprint density at radius 1 is 1.22 bits per heavy atom. The number of carbonyl (C=O) groups is 3. The molecule has 3 rings (SSSR count). The third kappa shape index (κ3) is 4.21. The number of amides is 4. The molecule has 1 saturated heterocycles. The molecule has 3 N–H and O–H groups in total. The summed E-state index contributed by atoms with van der Waals surface area (Å²) in [4.78, 5) is 38.1. The van der Waals surface area contributed by atoms with Gasteiger partial charge in [0.15, 0.2) is 6.54 Å². The minimum atomic E-state index is -0.829. The van der Waals surface area contributed by atoms with Crippen LogP contribution in [0.3, 0.4) is 0 Å². The smallest absolute Gasteiger partial charge is 0.344 e. The average Bonchev–Trinajstić information content (AvgIpc) is 2.87. The van der Waals surface area contributed by atoms with E-state index in [1.54, 1.807) is 7.11 Å². The lowest BCUT2D eigenvalue weighted by atomic mass is 9.82. The van der Waals surface area contributed by atoms with Crippen molar-refractivity contribution in [3.8, 4) is 5.75 Å². The van der Waals surface area contributed by atoms with E-state index in [0.717, 1.165) is 40.5 Å². The number of quaternary nitrogens is 1. The molecule has 1 unspecified atom stereocenters. The Morgan fingerprint density at radius 3 is 2.52 bits per heavy atom. The number of nitrogens with one attached hydrogen (secondary N) is 3. The molecule has 2 aliphatic rings.